The number of hydrogen-bond donors (Lipinski definition) is 0. The molecule has 0 aromatic heterocycles. The SMILES string of the molecule is [Ag].[AlH3].[Cu].[Ni]. The van der Waals surface area contributed by atoms with Crippen LogP contribution in [-0.2, 0) is 55.9 Å². The van der Waals surface area contributed by atoms with E-state index in [0.717, 1.165) is 0 Å². The van der Waals surface area contributed by atoms with E-state index in [1.807, 2.05) is 0 Å². The zero-order valence-electron chi connectivity index (χ0n) is 0.919. The van der Waals surface area contributed by atoms with E-state index in [1.54, 1.807) is 0 Å². The average Bonchev–Trinajstić information content (AvgIpc) is 0. The molecule has 0 bridgehead atoms. The smallest absolute Gasteiger partial charge is 0 e. The molecular formula is H3AgAlCuNi. The summed E-state index contributed by atoms with van der Waals surface area (Å²) in [6, 6.07) is 0. The predicted octanol–water partition coefficient (Wildman–Crippen LogP) is -1.19. The summed E-state index contributed by atoms with van der Waals surface area (Å²) in [7, 11) is 0. The zero-order chi connectivity index (χ0) is 0. The van der Waals surface area contributed by atoms with Gasteiger partial charge in [-0.1, -0.05) is 0 Å². The van der Waals surface area contributed by atoms with Gasteiger partial charge in [-0.3, -0.25) is 0 Å². The molecule has 0 unspecified atom stereocenters. The molecule has 0 atom stereocenters. The van der Waals surface area contributed by atoms with Crippen LogP contribution >= 0.6 is 0 Å². The fourth-order valence-corrected chi connectivity index (χ4v) is 0. The number of hydrogen-bond acceptors (Lipinski definition) is 0. The van der Waals surface area contributed by atoms with Gasteiger partial charge >= 0.3 is 0 Å². The second-order valence-corrected chi connectivity index (χ2v) is 0. The monoisotopic (exact) mass is 258 g/mol. The molecule has 0 aromatic rings. The van der Waals surface area contributed by atoms with Gasteiger partial charge in [-0.05, 0) is 0 Å². The summed E-state index contributed by atoms with van der Waals surface area (Å²) in [5.41, 5.74) is 0. The van der Waals surface area contributed by atoms with E-state index in [9.17, 15) is 0 Å². The van der Waals surface area contributed by atoms with E-state index < -0.39 is 0 Å². The summed E-state index contributed by atoms with van der Waals surface area (Å²) >= 11 is 0. The van der Waals surface area contributed by atoms with Crippen molar-refractivity contribution in [1.29, 1.82) is 0 Å². The van der Waals surface area contributed by atoms with Crippen molar-refractivity contribution in [3.8, 4) is 0 Å². The van der Waals surface area contributed by atoms with Crippen molar-refractivity contribution < 1.29 is 55.9 Å². The minimum Gasteiger partial charge on any atom is 0 e. The van der Waals surface area contributed by atoms with E-state index in [-0.39, 0.29) is 73.3 Å². The van der Waals surface area contributed by atoms with Crippen LogP contribution < -0.4 is 0 Å². The normalized spacial score (nSPS) is 0. The van der Waals surface area contributed by atoms with E-state index in [0.29, 0.717) is 0 Å². The van der Waals surface area contributed by atoms with Crippen LogP contribution in [-0.4, -0.2) is 17.4 Å². The Hall–Kier alpha value is 2.29. The van der Waals surface area contributed by atoms with Crippen LogP contribution in [0.5, 0.6) is 0 Å². The molecule has 0 aromatic carbocycles. The van der Waals surface area contributed by atoms with Crippen molar-refractivity contribution in [1.82, 2.24) is 0 Å². The Kier molecular flexibility index (Phi) is 156. The van der Waals surface area contributed by atoms with Crippen molar-refractivity contribution >= 4 is 17.4 Å². The molecule has 0 fully saturated rings. The maximum Gasteiger partial charge on any atom is 0.187 e. The van der Waals surface area contributed by atoms with E-state index in [2.05, 4.69) is 0 Å². The first kappa shape index (κ1) is 33.6. The van der Waals surface area contributed by atoms with Gasteiger partial charge in [0.05, 0.1) is 0 Å². The predicted molar refractivity (Wildman–Crippen MR) is 9.94 cm³/mol. The molecule has 38 valence electrons. The van der Waals surface area contributed by atoms with Gasteiger partial charge in [0.1, 0.15) is 0 Å². The molecule has 0 spiro atoms. The Bertz CT molecular complexity index is 8.00. The zero-order valence-corrected chi connectivity index (χ0v) is 4.33. The molecule has 0 amide bonds. The van der Waals surface area contributed by atoms with Crippen LogP contribution in [0, 0.1) is 0 Å². The molecular weight excluding hydrogens is 257 g/mol. The van der Waals surface area contributed by atoms with Crippen molar-refractivity contribution in [2.24, 2.45) is 0 Å². The molecule has 0 saturated heterocycles. The van der Waals surface area contributed by atoms with E-state index in [1.165, 1.54) is 0 Å². The summed E-state index contributed by atoms with van der Waals surface area (Å²) in [5.74, 6) is 0. The molecule has 0 aliphatic heterocycles. The Morgan fingerprint density at radius 1 is 1.00 bits per heavy atom. The fraction of sp³-hybridized carbons (Fsp3) is 0. The second kappa shape index (κ2) is 18.6. The van der Waals surface area contributed by atoms with Gasteiger partial charge in [0.2, 0.25) is 0 Å². The first-order chi connectivity index (χ1) is 0. The first-order valence-electron chi connectivity index (χ1n) is 0. The molecule has 4 heavy (non-hydrogen) atoms. The van der Waals surface area contributed by atoms with Gasteiger partial charge in [-0.25, -0.2) is 0 Å². The summed E-state index contributed by atoms with van der Waals surface area (Å²) in [5, 5.41) is 0. The van der Waals surface area contributed by atoms with Crippen molar-refractivity contribution in [2.45, 2.75) is 0 Å². The molecule has 0 heterocycles. The van der Waals surface area contributed by atoms with E-state index in [4.69, 9.17) is 0 Å². The third-order valence-electron chi connectivity index (χ3n) is 0. The Morgan fingerprint density at radius 3 is 1.00 bits per heavy atom. The van der Waals surface area contributed by atoms with Crippen LogP contribution in [0.3, 0.4) is 0 Å². The van der Waals surface area contributed by atoms with Crippen molar-refractivity contribution in [3.63, 3.8) is 0 Å². The summed E-state index contributed by atoms with van der Waals surface area (Å²) < 4.78 is 0. The minimum absolute atomic E-state index is 0. The summed E-state index contributed by atoms with van der Waals surface area (Å²) in [6.45, 7) is 0. The molecule has 4 heteroatoms. The fourth-order valence-electron chi connectivity index (χ4n) is 0. The topological polar surface area (TPSA) is 0 Å². The first-order valence-corrected chi connectivity index (χ1v) is 0. The van der Waals surface area contributed by atoms with Gasteiger partial charge in [0.25, 0.3) is 0 Å². The Balaban J connectivity index is 0. The van der Waals surface area contributed by atoms with Crippen LogP contribution in [0.25, 0.3) is 0 Å². The van der Waals surface area contributed by atoms with Crippen molar-refractivity contribution in [2.75, 3.05) is 0 Å². The summed E-state index contributed by atoms with van der Waals surface area (Å²) in [4.78, 5) is 0. The van der Waals surface area contributed by atoms with Gasteiger partial charge in [-0.15, -0.1) is 0 Å². The Morgan fingerprint density at radius 2 is 1.00 bits per heavy atom. The summed E-state index contributed by atoms with van der Waals surface area (Å²) in [6.07, 6.45) is 0. The van der Waals surface area contributed by atoms with Gasteiger partial charge in [-0.2, -0.15) is 0 Å². The minimum atomic E-state index is 0. The van der Waals surface area contributed by atoms with Gasteiger partial charge in [0.15, 0.2) is 17.4 Å². The third-order valence-corrected chi connectivity index (χ3v) is 0. The maximum absolute atomic E-state index is 0. The quantitative estimate of drug-likeness (QED) is 0.480. The molecule has 0 aliphatic carbocycles. The van der Waals surface area contributed by atoms with Crippen LogP contribution in [0.1, 0.15) is 0 Å². The maximum atomic E-state index is 0. The van der Waals surface area contributed by atoms with Crippen LogP contribution in [0.4, 0.5) is 0 Å². The molecule has 2 radical (unpaired) electrons. The number of rotatable bonds is 0. The van der Waals surface area contributed by atoms with E-state index >= 15 is 0 Å². The standard InChI is InChI=1S/Ag.Al.Cu.Ni.3H. The molecule has 0 rings (SSSR count). The molecule has 0 N–H and O–H groups in total. The largest absolute Gasteiger partial charge is 0.187 e. The van der Waals surface area contributed by atoms with Crippen LogP contribution in [0.15, 0.2) is 0 Å². The van der Waals surface area contributed by atoms with Gasteiger partial charge in [0, 0.05) is 55.9 Å². The molecule has 0 nitrogen and oxygen atoms in total. The average molecular weight is 260 g/mol. The Labute approximate surface area is 72.5 Å². The molecule has 0 saturated carbocycles. The molecule has 0 aliphatic rings. The third kappa shape index (κ3) is 8.86. The van der Waals surface area contributed by atoms with Crippen molar-refractivity contribution in [3.05, 3.63) is 0 Å². The van der Waals surface area contributed by atoms with Crippen LogP contribution in [0.2, 0.25) is 0 Å². The van der Waals surface area contributed by atoms with Gasteiger partial charge < -0.3 is 0 Å². The second-order valence-electron chi connectivity index (χ2n) is 0.